The normalized spacial score (nSPS) is 18.8. The minimum Gasteiger partial charge on any atom is -0.481 e. The van der Waals surface area contributed by atoms with Crippen LogP contribution in [0.15, 0.2) is 23.8 Å². The first-order valence-corrected chi connectivity index (χ1v) is 17.3. The molecule has 0 fully saturated rings. The molecule has 42 heavy (non-hydrogen) atoms. The first-order valence-electron chi connectivity index (χ1n) is 17.3. The highest BCUT2D eigenvalue weighted by molar-refractivity contribution is 5.66. The number of allylic oxidation sites excluding steroid dienone is 2. The molecule has 2 N–H and O–H groups in total. The number of carboxylic acids is 2. The average molecular weight is 593 g/mol. The molecular weight excluding hydrogens is 528 g/mol. The van der Waals surface area contributed by atoms with Gasteiger partial charge in [0.15, 0.2) is 5.79 Å². The molecule has 0 saturated heterocycles. The average Bonchev–Trinajstić information content (AvgIpc) is 2.91. The standard InChI is InChI=1S/C36H64O6/c1-5-6-7-22-30-41-36(42-35(2,3)4)29-23-25-31(24-18-14-10-8-12-16-20-27-33(37)38)32(36)26-19-15-11-9-13-17-21-28-34(39)40/h23,25,29,32H,5-22,24,26-28,30H2,1-4H3,(H,37,38)(H,39,40). The molecule has 0 aromatic rings. The molecule has 0 bridgehead atoms. The summed E-state index contributed by atoms with van der Waals surface area (Å²) in [5.41, 5.74) is 1.12. The van der Waals surface area contributed by atoms with Gasteiger partial charge in [-0.05, 0) is 65.4 Å². The third kappa shape index (κ3) is 18.8. The van der Waals surface area contributed by atoms with Gasteiger partial charge in [0.05, 0.1) is 12.2 Å². The van der Waals surface area contributed by atoms with Crippen molar-refractivity contribution >= 4 is 11.9 Å². The number of aliphatic carboxylic acids is 2. The molecule has 2 unspecified atom stereocenters. The summed E-state index contributed by atoms with van der Waals surface area (Å²) >= 11 is 0. The lowest BCUT2D eigenvalue weighted by molar-refractivity contribution is -0.272. The molecule has 0 spiro atoms. The van der Waals surface area contributed by atoms with E-state index in [9.17, 15) is 9.59 Å². The molecule has 6 heteroatoms. The van der Waals surface area contributed by atoms with Crippen molar-refractivity contribution in [1.29, 1.82) is 0 Å². The fourth-order valence-electron chi connectivity index (χ4n) is 5.96. The van der Waals surface area contributed by atoms with Gasteiger partial charge < -0.3 is 19.7 Å². The first kappa shape index (κ1) is 38.4. The topological polar surface area (TPSA) is 93.1 Å². The summed E-state index contributed by atoms with van der Waals surface area (Å²) in [6.45, 7) is 9.32. The summed E-state index contributed by atoms with van der Waals surface area (Å²) in [5.74, 6) is -1.90. The van der Waals surface area contributed by atoms with Gasteiger partial charge in [0.1, 0.15) is 0 Å². The maximum absolute atomic E-state index is 10.7. The monoisotopic (exact) mass is 592 g/mol. The number of rotatable bonds is 27. The van der Waals surface area contributed by atoms with Crippen molar-refractivity contribution in [3.63, 3.8) is 0 Å². The maximum Gasteiger partial charge on any atom is 0.303 e. The second-order valence-corrected chi connectivity index (χ2v) is 13.3. The van der Waals surface area contributed by atoms with Crippen molar-refractivity contribution in [1.82, 2.24) is 0 Å². The van der Waals surface area contributed by atoms with Crippen LogP contribution in [0.25, 0.3) is 0 Å². The van der Waals surface area contributed by atoms with Crippen LogP contribution in [-0.4, -0.2) is 40.1 Å². The molecule has 1 rings (SSSR count). The lowest BCUT2D eigenvalue weighted by atomic mass is 9.79. The van der Waals surface area contributed by atoms with E-state index in [1.165, 1.54) is 63.4 Å². The van der Waals surface area contributed by atoms with E-state index < -0.39 is 17.7 Å². The zero-order chi connectivity index (χ0) is 31.1. The second kappa shape index (κ2) is 22.8. The van der Waals surface area contributed by atoms with Crippen LogP contribution in [0.4, 0.5) is 0 Å². The number of ether oxygens (including phenoxy) is 2. The van der Waals surface area contributed by atoms with Gasteiger partial charge in [0.25, 0.3) is 0 Å². The van der Waals surface area contributed by atoms with Crippen molar-refractivity contribution in [2.24, 2.45) is 5.92 Å². The van der Waals surface area contributed by atoms with E-state index in [2.05, 4.69) is 45.9 Å². The van der Waals surface area contributed by atoms with Gasteiger partial charge >= 0.3 is 11.9 Å². The minimum atomic E-state index is -0.727. The molecule has 0 aromatic carbocycles. The van der Waals surface area contributed by atoms with Crippen LogP contribution in [0.5, 0.6) is 0 Å². The van der Waals surface area contributed by atoms with Crippen LogP contribution in [0, 0.1) is 5.92 Å². The Bertz CT molecular complexity index is 780. The van der Waals surface area contributed by atoms with Crippen molar-refractivity contribution in [3.05, 3.63) is 23.8 Å². The molecule has 2 atom stereocenters. The van der Waals surface area contributed by atoms with Crippen LogP contribution in [0.3, 0.4) is 0 Å². The molecule has 0 aromatic heterocycles. The Kier molecular flexibility index (Phi) is 20.8. The van der Waals surface area contributed by atoms with Gasteiger partial charge in [-0.15, -0.1) is 0 Å². The third-order valence-electron chi connectivity index (χ3n) is 8.10. The van der Waals surface area contributed by atoms with E-state index in [-0.39, 0.29) is 24.4 Å². The van der Waals surface area contributed by atoms with Gasteiger partial charge in [-0.3, -0.25) is 9.59 Å². The zero-order valence-electron chi connectivity index (χ0n) is 27.6. The van der Waals surface area contributed by atoms with Crippen molar-refractivity contribution in [3.8, 4) is 0 Å². The Labute approximate surface area is 257 Å². The largest absolute Gasteiger partial charge is 0.481 e. The molecule has 6 nitrogen and oxygen atoms in total. The summed E-state index contributed by atoms with van der Waals surface area (Å²) in [6.07, 6.45) is 29.2. The van der Waals surface area contributed by atoms with Crippen molar-refractivity contribution < 1.29 is 29.3 Å². The minimum absolute atomic E-state index is 0.208. The van der Waals surface area contributed by atoms with Gasteiger partial charge in [-0.1, -0.05) is 115 Å². The first-order chi connectivity index (χ1) is 20.1. The number of unbranched alkanes of at least 4 members (excludes halogenated alkanes) is 15. The predicted molar refractivity (Wildman–Crippen MR) is 173 cm³/mol. The Morgan fingerprint density at radius 3 is 1.76 bits per heavy atom. The van der Waals surface area contributed by atoms with E-state index in [0.717, 1.165) is 70.6 Å². The molecule has 1 aliphatic carbocycles. The maximum atomic E-state index is 10.7. The van der Waals surface area contributed by atoms with E-state index in [4.69, 9.17) is 19.7 Å². The summed E-state index contributed by atoms with van der Waals surface area (Å²) in [5, 5.41) is 17.6. The summed E-state index contributed by atoms with van der Waals surface area (Å²) < 4.78 is 13.6. The van der Waals surface area contributed by atoms with Gasteiger partial charge in [-0.25, -0.2) is 0 Å². The van der Waals surface area contributed by atoms with E-state index in [1.807, 2.05) is 0 Å². The Hall–Kier alpha value is -1.66. The molecule has 0 amide bonds. The molecule has 0 aliphatic heterocycles. The SMILES string of the molecule is CCCCCCOC1(OC(C)(C)C)C=CC=C(CCCCCCCCCC(=O)O)C1CCCCCCCCCC(=O)O. The van der Waals surface area contributed by atoms with Gasteiger partial charge in [-0.2, -0.15) is 0 Å². The number of carbonyl (C=O) groups is 2. The Balaban J connectivity index is 2.73. The van der Waals surface area contributed by atoms with E-state index in [0.29, 0.717) is 6.61 Å². The number of carboxylic acid groups (broad SMARTS) is 2. The smallest absolute Gasteiger partial charge is 0.303 e. The van der Waals surface area contributed by atoms with Crippen LogP contribution >= 0.6 is 0 Å². The van der Waals surface area contributed by atoms with Crippen LogP contribution in [-0.2, 0) is 19.1 Å². The fourth-order valence-corrected chi connectivity index (χ4v) is 5.96. The lowest BCUT2D eigenvalue weighted by Gasteiger charge is -2.45. The highest BCUT2D eigenvalue weighted by atomic mass is 16.7. The van der Waals surface area contributed by atoms with Crippen LogP contribution in [0.1, 0.15) is 169 Å². The summed E-state index contributed by atoms with van der Waals surface area (Å²) in [7, 11) is 0. The highest BCUT2D eigenvalue weighted by Gasteiger charge is 2.44. The van der Waals surface area contributed by atoms with Crippen LogP contribution in [0.2, 0.25) is 0 Å². The summed E-state index contributed by atoms with van der Waals surface area (Å²) in [6, 6.07) is 0. The lowest BCUT2D eigenvalue weighted by Crippen LogP contribution is -2.48. The molecule has 244 valence electrons. The van der Waals surface area contributed by atoms with Gasteiger partial charge in [0, 0.05) is 18.8 Å². The summed E-state index contributed by atoms with van der Waals surface area (Å²) in [4.78, 5) is 21.4. The zero-order valence-corrected chi connectivity index (χ0v) is 27.6. The third-order valence-corrected chi connectivity index (χ3v) is 8.10. The molecule has 1 aliphatic rings. The number of hydrogen-bond acceptors (Lipinski definition) is 4. The fraction of sp³-hybridized carbons (Fsp3) is 0.833. The Morgan fingerprint density at radius 1 is 0.738 bits per heavy atom. The van der Waals surface area contributed by atoms with E-state index >= 15 is 0 Å². The van der Waals surface area contributed by atoms with Gasteiger partial charge in [0.2, 0.25) is 0 Å². The molecular formula is C36H64O6. The quantitative estimate of drug-likeness (QED) is 0.0728. The Morgan fingerprint density at radius 2 is 1.24 bits per heavy atom. The molecule has 0 heterocycles. The second-order valence-electron chi connectivity index (χ2n) is 13.3. The molecule has 0 saturated carbocycles. The van der Waals surface area contributed by atoms with Crippen LogP contribution < -0.4 is 0 Å². The molecule has 0 radical (unpaired) electrons. The predicted octanol–water partition coefficient (Wildman–Crippen LogP) is 10.4. The van der Waals surface area contributed by atoms with Crippen molar-refractivity contribution in [2.75, 3.05) is 6.61 Å². The number of hydrogen-bond donors (Lipinski definition) is 2. The highest BCUT2D eigenvalue weighted by Crippen LogP contribution is 2.42. The van der Waals surface area contributed by atoms with Crippen molar-refractivity contribution in [2.45, 2.75) is 180 Å². The van der Waals surface area contributed by atoms with E-state index in [1.54, 1.807) is 0 Å².